The lowest BCUT2D eigenvalue weighted by molar-refractivity contribution is -0.132. The average molecular weight is 396 g/mol. The van der Waals surface area contributed by atoms with Crippen LogP contribution in [0.1, 0.15) is 10.4 Å². The van der Waals surface area contributed by atoms with Crippen LogP contribution in [0.25, 0.3) is 10.9 Å². The zero-order valence-electron chi connectivity index (χ0n) is 15.1. The molecule has 3 aromatic rings. The van der Waals surface area contributed by atoms with Gasteiger partial charge in [0.1, 0.15) is 12.6 Å². The summed E-state index contributed by atoms with van der Waals surface area (Å²) in [5.74, 6) is -0.712. The van der Waals surface area contributed by atoms with Crippen LogP contribution in [-0.4, -0.2) is 46.9 Å². The smallest absolute Gasteiger partial charge is 0.325 e. The molecule has 1 fully saturated rings. The highest BCUT2D eigenvalue weighted by molar-refractivity contribution is 7.09. The molecule has 1 aliphatic rings. The fourth-order valence-electron chi connectivity index (χ4n) is 3.36. The number of aromatic nitrogens is 1. The Labute approximate surface area is 165 Å². The molecule has 1 unspecified atom stereocenters. The van der Waals surface area contributed by atoms with Crippen LogP contribution < -0.4 is 10.6 Å². The normalized spacial score (nSPS) is 16.6. The zero-order chi connectivity index (χ0) is 19.5. The highest BCUT2D eigenvalue weighted by atomic mass is 32.1. The Morgan fingerprint density at radius 1 is 1.18 bits per heavy atom. The Morgan fingerprint density at radius 3 is 2.86 bits per heavy atom. The predicted molar refractivity (Wildman–Crippen MR) is 107 cm³/mol. The Balaban J connectivity index is 1.33. The second-order valence-electron chi connectivity index (χ2n) is 6.67. The van der Waals surface area contributed by atoms with Gasteiger partial charge in [-0.15, -0.1) is 11.3 Å². The first kappa shape index (κ1) is 18.2. The lowest BCUT2D eigenvalue weighted by Gasteiger charge is -2.13. The van der Waals surface area contributed by atoms with E-state index in [2.05, 4.69) is 15.6 Å². The molecule has 0 radical (unpaired) electrons. The maximum Gasteiger partial charge on any atom is 0.325 e. The molecule has 1 aliphatic heterocycles. The molecule has 0 spiro atoms. The molecule has 1 atom stereocenters. The highest BCUT2D eigenvalue weighted by Gasteiger charge is 2.39. The Morgan fingerprint density at radius 2 is 2.04 bits per heavy atom. The third-order valence-corrected chi connectivity index (χ3v) is 5.72. The summed E-state index contributed by atoms with van der Waals surface area (Å²) in [6.07, 6.45) is 2.96. The molecule has 1 saturated heterocycles. The second-order valence-corrected chi connectivity index (χ2v) is 7.70. The Kier molecular flexibility index (Phi) is 5.12. The number of nitrogens with zero attached hydrogens (tertiary/aromatic N) is 1. The molecule has 8 heteroatoms. The van der Waals surface area contributed by atoms with Crippen molar-refractivity contribution in [3.63, 3.8) is 0 Å². The van der Waals surface area contributed by atoms with Gasteiger partial charge in [0.2, 0.25) is 5.91 Å². The van der Waals surface area contributed by atoms with Gasteiger partial charge in [-0.05, 0) is 29.5 Å². The number of benzene rings is 1. The second kappa shape index (κ2) is 7.85. The first-order valence-electron chi connectivity index (χ1n) is 9.08. The van der Waals surface area contributed by atoms with Crippen LogP contribution in [0.4, 0.5) is 4.79 Å². The van der Waals surface area contributed by atoms with Gasteiger partial charge >= 0.3 is 6.03 Å². The minimum absolute atomic E-state index is 0.264. The van der Waals surface area contributed by atoms with Crippen molar-refractivity contribution in [3.8, 4) is 0 Å². The molecule has 3 heterocycles. The Hall–Kier alpha value is -3.13. The first-order valence-corrected chi connectivity index (χ1v) is 9.96. The number of fused-ring (bicyclic) bond motifs is 1. The number of H-pyrrole nitrogens is 1. The number of aromatic amines is 1. The van der Waals surface area contributed by atoms with Crippen molar-refractivity contribution >= 4 is 40.1 Å². The minimum Gasteiger partial charge on any atom is -0.361 e. The fourth-order valence-corrected chi connectivity index (χ4v) is 4.07. The summed E-state index contributed by atoms with van der Waals surface area (Å²) in [5, 5.41) is 8.46. The quantitative estimate of drug-likeness (QED) is 0.534. The van der Waals surface area contributed by atoms with E-state index in [1.54, 1.807) is 11.3 Å². The van der Waals surface area contributed by atoms with E-state index in [-0.39, 0.29) is 18.4 Å². The van der Waals surface area contributed by atoms with E-state index < -0.39 is 12.1 Å². The van der Waals surface area contributed by atoms with E-state index in [0.29, 0.717) is 13.0 Å². The van der Waals surface area contributed by atoms with Gasteiger partial charge in [0.25, 0.3) is 5.91 Å². The summed E-state index contributed by atoms with van der Waals surface area (Å²) >= 11 is 1.63. The number of nitrogens with one attached hydrogen (secondary N) is 3. The van der Waals surface area contributed by atoms with Crippen LogP contribution in [0, 0.1) is 0 Å². The molecule has 1 aromatic carbocycles. The number of hydrogen-bond acceptors (Lipinski definition) is 4. The standard InChI is InChI=1S/C20H20N4O3S/c25-18(21-8-7-14-4-3-9-28-14)12-24-19(26)17(23-20(24)27)10-13-11-22-16-6-2-1-5-15(13)16/h1-6,9,11,17,22H,7-8,10,12H2,(H,21,25)(H,23,27). The molecular weight excluding hydrogens is 376 g/mol. The van der Waals surface area contributed by atoms with Crippen molar-refractivity contribution in [1.29, 1.82) is 0 Å². The third-order valence-electron chi connectivity index (χ3n) is 4.78. The SMILES string of the molecule is O=C(CN1C(=O)NC(Cc2c[nH]c3ccccc23)C1=O)NCCc1cccs1. The van der Waals surface area contributed by atoms with Crippen LogP contribution in [0.15, 0.2) is 48.0 Å². The predicted octanol–water partition coefficient (Wildman–Crippen LogP) is 2.05. The molecule has 144 valence electrons. The minimum atomic E-state index is -0.661. The number of rotatable bonds is 7. The van der Waals surface area contributed by atoms with Crippen molar-refractivity contribution in [1.82, 2.24) is 20.5 Å². The van der Waals surface area contributed by atoms with Gasteiger partial charge in [0.15, 0.2) is 0 Å². The van der Waals surface area contributed by atoms with Gasteiger partial charge in [-0.1, -0.05) is 24.3 Å². The number of carbonyl (C=O) groups is 3. The van der Waals surface area contributed by atoms with Gasteiger partial charge in [0, 0.05) is 34.9 Å². The van der Waals surface area contributed by atoms with E-state index in [4.69, 9.17) is 0 Å². The Bertz CT molecular complexity index is 1010. The highest BCUT2D eigenvalue weighted by Crippen LogP contribution is 2.21. The van der Waals surface area contributed by atoms with E-state index in [1.807, 2.05) is 48.0 Å². The lowest BCUT2D eigenvalue weighted by atomic mass is 10.1. The molecule has 3 N–H and O–H groups in total. The summed E-state index contributed by atoms with van der Waals surface area (Å²) in [6.45, 7) is 0.210. The van der Waals surface area contributed by atoms with Crippen molar-refractivity contribution in [3.05, 3.63) is 58.4 Å². The van der Waals surface area contributed by atoms with Crippen LogP contribution >= 0.6 is 11.3 Å². The number of amides is 4. The molecule has 7 nitrogen and oxygen atoms in total. The van der Waals surface area contributed by atoms with Gasteiger partial charge in [-0.3, -0.25) is 14.5 Å². The average Bonchev–Trinajstić information content (AvgIpc) is 3.40. The van der Waals surface area contributed by atoms with Crippen LogP contribution in [0.2, 0.25) is 0 Å². The lowest BCUT2D eigenvalue weighted by Crippen LogP contribution is -2.41. The molecule has 2 aromatic heterocycles. The monoisotopic (exact) mass is 396 g/mol. The summed E-state index contributed by atoms with van der Waals surface area (Å²) in [6, 6.07) is 10.6. The summed E-state index contributed by atoms with van der Waals surface area (Å²) in [5.41, 5.74) is 1.94. The molecule has 28 heavy (non-hydrogen) atoms. The largest absolute Gasteiger partial charge is 0.361 e. The maximum absolute atomic E-state index is 12.6. The number of hydrogen-bond donors (Lipinski definition) is 3. The van der Waals surface area contributed by atoms with Crippen molar-refractivity contribution in [2.24, 2.45) is 0 Å². The molecule has 0 aliphatic carbocycles. The molecular formula is C20H20N4O3S. The van der Waals surface area contributed by atoms with E-state index in [1.165, 1.54) is 4.88 Å². The molecule has 0 saturated carbocycles. The molecule has 4 amide bonds. The number of carbonyl (C=O) groups excluding carboxylic acids is 3. The van der Waals surface area contributed by atoms with Crippen LogP contribution in [-0.2, 0) is 22.4 Å². The van der Waals surface area contributed by atoms with Crippen molar-refractivity contribution in [2.75, 3.05) is 13.1 Å². The third kappa shape index (κ3) is 3.77. The van der Waals surface area contributed by atoms with Gasteiger partial charge < -0.3 is 15.6 Å². The number of para-hydroxylation sites is 1. The van der Waals surface area contributed by atoms with Gasteiger partial charge in [0.05, 0.1) is 0 Å². The van der Waals surface area contributed by atoms with E-state index in [0.717, 1.165) is 27.8 Å². The van der Waals surface area contributed by atoms with E-state index >= 15 is 0 Å². The van der Waals surface area contributed by atoms with Crippen LogP contribution in [0.3, 0.4) is 0 Å². The maximum atomic E-state index is 12.6. The number of imide groups is 1. The van der Waals surface area contributed by atoms with Gasteiger partial charge in [-0.25, -0.2) is 4.79 Å². The van der Waals surface area contributed by atoms with Gasteiger partial charge in [-0.2, -0.15) is 0 Å². The number of thiophene rings is 1. The fraction of sp³-hybridized carbons (Fsp3) is 0.250. The first-order chi connectivity index (χ1) is 13.6. The number of urea groups is 1. The van der Waals surface area contributed by atoms with Crippen molar-refractivity contribution < 1.29 is 14.4 Å². The van der Waals surface area contributed by atoms with Crippen LogP contribution in [0.5, 0.6) is 0 Å². The van der Waals surface area contributed by atoms with Crippen molar-refractivity contribution in [2.45, 2.75) is 18.9 Å². The summed E-state index contributed by atoms with van der Waals surface area (Å²) in [7, 11) is 0. The molecule has 0 bridgehead atoms. The zero-order valence-corrected chi connectivity index (χ0v) is 15.9. The topological polar surface area (TPSA) is 94.3 Å². The summed E-state index contributed by atoms with van der Waals surface area (Å²) in [4.78, 5) is 42.3. The van der Waals surface area contributed by atoms with E-state index in [9.17, 15) is 14.4 Å². The summed E-state index contributed by atoms with van der Waals surface area (Å²) < 4.78 is 0. The molecule has 4 rings (SSSR count).